The summed E-state index contributed by atoms with van der Waals surface area (Å²) in [5.74, 6) is -0.617. The second-order valence-corrected chi connectivity index (χ2v) is 4.11. The van der Waals surface area contributed by atoms with Crippen molar-refractivity contribution < 1.29 is 13.9 Å². The number of aryl methyl sites for hydroxylation is 1. The van der Waals surface area contributed by atoms with E-state index in [0.29, 0.717) is 16.9 Å². The molecule has 1 aromatic heterocycles. The van der Waals surface area contributed by atoms with Gasteiger partial charge in [0.2, 0.25) is 0 Å². The summed E-state index contributed by atoms with van der Waals surface area (Å²) in [6.45, 7) is 1.64. The summed E-state index contributed by atoms with van der Waals surface area (Å²) in [7, 11) is 0. The van der Waals surface area contributed by atoms with Crippen LogP contribution in [0.4, 0.5) is 4.39 Å². The van der Waals surface area contributed by atoms with E-state index in [1.165, 1.54) is 6.20 Å². The lowest BCUT2D eigenvalue weighted by molar-refractivity contribution is -0.119. The fourth-order valence-corrected chi connectivity index (χ4v) is 1.72. The maximum absolute atomic E-state index is 13.8. The van der Waals surface area contributed by atoms with Crippen molar-refractivity contribution in [2.45, 2.75) is 6.92 Å². The summed E-state index contributed by atoms with van der Waals surface area (Å²) in [6.07, 6.45) is 2.63. The van der Waals surface area contributed by atoms with E-state index in [1.54, 1.807) is 18.2 Å². The zero-order chi connectivity index (χ0) is 13.8. The SMILES string of the molecule is Cc1ccc(OCC(N)=O)c(-c2ccncc2F)c1. The maximum Gasteiger partial charge on any atom is 0.255 e. The van der Waals surface area contributed by atoms with Crippen LogP contribution in [0.1, 0.15) is 5.56 Å². The van der Waals surface area contributed by atoms with Gasteiger partial charge in [0.25, 0.3) is 5.91 Å². The lowest BCUT2D eigenvalue weighted by Gasteiger charge is -2.12. The van der Waals surface area contributed by atoms with E-state index in [4.69, 9.17) is 10.5 Å². The first-order chi connectivity index (χ1) is 9.08. The number of hydrogen-bond acceptors (Lipinski definition) is 3. The van der Waals surface area contributed by atoms with Crippen molar-refractivity contribution in [2.24, 2.45) is 5.73 Å². The van der Waals surface area contributed by atoms with Gasteiger partial charge in [-0.1, -0.05) is 11.6 Å². The van der Waals surface area contributed by atoms with Gasteiger partial charge in [0.05, 0.1) is 6.20 Å². The lowest BCUT2D eigenvalue weighted by atomic mass is 10.0. The van der Waals surface area contributed by atoms with E-state index in [2.05, 4.69) is 4.98 Å². The van der Waals surface area contributed by atoms with Crippen molar-refractivity contribution in [3.05, 3.63) is 48.0 Å². The molecule has 1 heterocycles. The predicted octanol–water partition coefficient (Wildman–Crippen LogP) is 2.06. The number of carbonyl (C=O) groups excluding carboxylic acids is 1. The van der Waals surface area contributed by atoms with Crippen molar-refractivity contribution in [2.75, 3.05) is 6.61 Å². The van der Waals surface area contributed by atoms with Gasteiger partial charge in [-0.3, -0.25) is 9.78 Å². The number of amides is 1. The first-order valence-corrected chi connectivity index (χ1v) is 5.69. The maximum atomic E-state index is 13.8. The molecule has 0 atom stereocenters. The molecule has 0 radical (unpaired) electrons. The summed E-state index contributed by atoms with van der Waals surface area (Å²) < 4.78 is 19.1. The van der Waals surface area contributed by atoms with Gasteiger partial charge in [0.15, 0.2) is 6.61 Å². The number of primary amides is 1. The monoisotopic (exact) mass is 260 g/mol. The smallest absolute Gasteiger partial charge is 0.255 e. The van der Waals surface area contributed by atoms with Gasteiger partial charge in [-0.2, -0.15) is 0 Å². The van der Waals surface area contributed by atoms with Gasteiger partial charge in [-0.25, -0.2) is 4.39 Å². The van der Waals surface area contributed by atoms with Crippen LogP contribution in [0.15, 0.2) is 36.7 Å². The average molecular weight is 260 g/mol. The molecular formula is C14H13FN2O2. The number of rotatable bonds is 4. The van der Waals surface area contributed by atoms with Gasteiger partial charge < -0.3 is 10.5 Å². The van der Waals surface area contributed by atoms with Crippen molar-refractivity contribution >= 4 is 5.91 Å². The van der Waals surface area contributed by atoms with Crippen molar-refractivity contribution in [1.29, 1.82) is 0 Å². The Morgan fingerprint density at radius 1 is 1.37 bits per heavy atom. The second-order valence-electron chi connectivity index (χ2n) is 4.11. The molecule has 0 spiro atoms. The molecule has 98 valence electrons. The van der Waals surface area contributed by atoms with Gasteiger partial charge in [0.1, 0.15) is 11.6 Å². The van der Waals surface area contributed by atoms with Crippen LogP contribution >= 0.6 is 0 Å². The number of aromatic nitrogens is 1. The van der Waals surface area contributed by atoms with Crippen LogP contribution in [0, 0.1) is 12.7 Å². The highest BCUT2D eigenvalue weighted by Gasteiger charge is 2.12. The molecule has 2 aromatic rings. The van der Waals surface area contributed by atoms with Crippen LogP contribution in [-0.2, 0) is 4.79 Å². The zero-order valence-corrected chi connectivity index (χ0v) is 10.4. The summed E-state index contributed by atoms with van der Waals surface area (Å²) in [6, 6.07) is 6.85. The van der Waals surface area contributed by atoms with Crippen LogP contribution in [0.5, 0.6) is 5.75 Å². The van der Waals surface area contributed by atoms with Crippen LogP contribution in [0.2, 0.25) is 0 Å². The van der Waals surface area contributed by atoms with Gasteiger partial charge in [0, 0.05) is 17.3 Å². The lowest BCUT2D eigenvalue weighted by Crippen LogP contribution is -2.20. The van der Waals surface area contributed by atoms with E-state index < -0.39 is 11.7 Å². The Labute approximate surface area is 110 Å². The quantitative estimate of drug-likeness (QED) is 0.915. The minimum atomic E-state index is -0.582. The molecule has 19 heavy (non-hydrogen) atoms. The largest absolute Gasteiger partial charge is 0.483 e. The Morgan fingerprint density at radius 2 is 2.16 bits per heavy atom. The second kappa shape index (κ2) is 5.48. The number of halogens is 1. The molecule has 0 aliphatic heterocycles. The van der Waals surface area contributed by atoms with Crippen molar-refractivity contribution in [1.82, 2.24) is 4.98 Å². The first-order valence-electron chi connectivity index (χ1n) is 5.69. The van der Waals surface area contributed by atoms with Crippen molar-refractivity contribution in [3.8, 4) is 16.9 Å². The third kappa shape index (κ3) is 3.07. The third-order valence-corrected chi connectivity index (χ3v) is 2.57. The molecule has 4 nitrogen and oxygen atoms in total. The summed E-state index contributed by atoms with van der Waals surface area (Å²) >= 11 is 0. The number of ether oxygens (including phenoxy) is 1. The number of nitrogens with zero attached hydrogens (tertiary/aromatic N) is 1. The molecule has 2 N–H and O–H groups in total. The molecule has 0 bridgehead atoms. The van der Waals surface area contributed by atoms with E-state index in [1.807, 2.05) is 13.0 Å². The van der Waals surface area contributed by atoms with Crippen LogP contribution in [-0.4, -0.2) is 17.5 Å². The number of pyridine rings is 1. The molecule has 0 aliphatic rings. The molecular weight excluding hydrogens is 247 g/mol. The number of nitrogens with two attached hydrogens (primary N) is 1. The minimum absolute atomic E-state index is 0.247. The Balaban J connectivity index is 2.46. The van der Waals surface area contributed by atoms with Crippen molar-refractivity contribution in [3.63, 3.8) is 0 Å². The van der Waals surface area contributed by atoms with Crippen LogP contribution in [0.25, 0.3) is 11.1 Å². The van der Waals surface area contributed by atoms with Gasteiger partial charge in [-0.05, 0) is 25.1 Å². The highest BCUT2D eigenvalue weighted by Crippen LogP contribution is 2.32. The van der Waals surface area contributed by atoms with Gasteiger partial charge >= 0.3 is 0 Å². The normalized spacial score (nSPS) is 10.2. The topological polar surface area (TPSA) is 65.2 Å². The highest BCUT2D eigenvalue weighted by atomic mass is 19.1. The Hall–Kier alpha value is -2.43. The molecule has 1 amide bonds. The standard InChI is InChI=1S/C14H13FN2O2/c1-9-2-3-13(19-8-14(16)18)11(6-9)10-4-5-17-7-12(10)15/h2-7H,8H2,1H3,(H2,16,18). The number of benzene rings is 1. The Kier molecular flexibility index (Phi) is 3.75. The van der Waals surface area contributed by atoms with E-state index in [-0.39, 0.29) is 6.61 Å². The highest BCUT2D eigenvalue weighted by molar-refractivity contribution is 5.76. The fraction of sp³-hybridized carbons (Fsp3) is 0.143. The molecule has 0 unspecified atom stereocenters. The van der Waals surface area contributed by atoms with Crippen LogP contribution < -0.4 is 10.5 Å². The molecule has 0 fully saturated rings. The molecule has 5 heteroatoms. The average Bonchev–Trinajstić information content (AvgIpc) is 2.37. The molecule has 0 aliphatic carbocycles. The van der Waals surface area contributed by atoms with E-state index in [9.17, 15) is 9.18 Å². The predicted molar refractivity (Wildman–Crippen MR) is 69.1 cm³/mol. The first kappa shape index (κ1) is 13.0. The molecule has 0 saturated heterocycles. The summed E-state index contributed by atoms with van der Waals surface area (Å²) in [4.78, 5) is 14.5. The summed E-state index contributed by atoms with van der Waals surface area (Å²) in [5, 5.41) is 0. The Bertz CT molecular complexity index is 614. The van der Waals surface area contributed by atoms with E-state index in [0.717, 1.165) is 11.8 Å². The zero-order valence-electron chi connectivity index (χ0n) is 10.4. The molecule has 2 rings (SSSR count). The van der Waals surface area contributed by atoms with Crippen LogP contribution in [0.3, 0.4) is 0 Å². The third-order valence-electron chi connectivity index (χ3n) is 2.57. The molecule has 1 aromatic carbocycles. The molecule has 0 saturated carbocycles. The summed E-state index contributed by atoms with van der Waals surface area (Å²) in [5.41, 5.74) is 6.94. The minimum Gasteiger partial charge on any atom is -0.483 e. The van der Waals surface area contributed by atoms with E-state index >= 15 is 0 Å². The fourth-order valence-electron chi connectivity index (χ4n) is 1.72. The number of carbonyl (C=O) groups is 1. The van der Waals surface area contributed by atoms with Gasteiger partial charge in [-0.15, -0.1) is 0 Å². The Morgan fingerprint density at radius 3 is 2.84 bits per heavy atom. The number of hydrogen-bond donors (Lipinski definition) is 1.